The van der Waals surface area contributed by atoms with Crippen molar-refractivity contribution in [1.82, 2.24) is 0 Å². The van der Waals surface area contributed by atoms with E-state index in [9.17, 15) is 4.21 Å². The number of ether oxygens (including phenoxy) is 5. The smallest absolute Gasteiger partial charge is 0.184 e. The summed E-state index contributed by atoms with van der Waals surface area (Å²) in [7, 11) is -1.23. The first-order valence-electron chi connectivity index (χ1n) is 9.49. The van der Waals surface area contributed by atoms with Crippen LogP contribution < -0.4 is 0 Å². The van der Waals surface area contributed by atoms with Crippen molar-refractivity contribution in [3.8, 4) is 0 Å². The van der Waals surface area contributed by atoms with Crippen LogP contribution in [0.1, 0.15) is 18.8 Å². The summed E-state index contributed by atoms with van der Waals surface area (Å²) < 4.78 is 42.9. The predicted molar refractivity (Wildman–Crippen MR) is 107 cm³/mol. The maximum atomic E-state index is 12.6. The van der Waals surface area contributed by atoms with Crippen LogP contribution in [0.5, 0.6) is 0 Å². The summed E-state index contributed by atoms with van der Waals surface area (Å²) >= 11 is 0. The molecule has 0 bridgehead atoms. The first-order chi connectivity index (χ1) is 13.7. The Bertz CT molecular complexity index is 666. The molecule has 1 aromatic rings. The molecule has 2 unspecified atom stereocenters. The molecule has 2 saturated heterocycles. The van der Waals surface area contributed by atoms with E-state index in [0.717, 1.165) is 5.56 Å². The molecular formula is C21H28O6S. The van der Waals surface area contributed by atoms with Crippen LogP contribution in [0.4, 0.5) is 0 Å². The van der Waals surface area contributed by atoms with E-state index in [1.807, 2.05) is 37.3 Å². The second kappa shape index (κ2) is 10.4. The Kier molecular flexibility index (Phi) is 7.96. The van der Waals surface area contributed by atoms with E-state index >= 15 is 0 Å². The van der Waals surface area contributed by atoms with Gasteiger partial charge in [0.2, 0.25) is 0 Å². The summed E-state index contributed by atoms with van der Waals surface area (Å²) in [6.45, 7) is 10.2. The molecule has 0 saturated carbocycles. The molecule has 2 aliphatic heterocycles. The number of fused-ring (bicyclic) bond motifs is 1. The maximum absolute atomic E-state index is 12.6. The standard InChI is InChI=1S/C21H28O6S/c1-4-12-23-18-17-16(14-25-20(27-17)15-10-8-7-9-11-15)26-21(28(22)6-3)19(18)24-13-5-2/h4-5,7-11,16-21H,1-2,6,12-14H2,3H3/t16-,17-,18+,19+,20?,21-,28?/m1/s1. The van der Waals surface area contributed by atoms with Crippen molar-refractivity contribution in [2.24, 2.45) is 0 Å². The van der Waals surface area contributed by atoms with E-state index in [1.165, 1.54) is 0 Å². The number of hydrogen-bond acceptors (Lipinski definition) is 6. The molecule has 7 heteroatoms. The fourth-order valence-electron chi connectivity index (χ4n) is 3.43. The third-order valence-corrected chi connectivity index (χ3v) is 6.18. The minimum atomic E-state index is -1.23. The molecular weight excluding hydrogens is 380 g/mol. The molecule has 0 amide bonds. The second-order valence-electron chi connectivity index (χ2n) is 6.56. The van der Waals surface area contributed by atoms with Crippen molar-refractivity contribution in [3.05, 3.63) is 61.2 Å². The summed E-state index contributed by atoms with van der Waals surface area (Å²) in [6.07, 6.45) is 0.989. The van der Waals surface area contributed by atoms with Crippen LogP contribution in [-0.4, -0.2) is 59.6 Å². The average Bonchev–Trinajstić information content (AvgIpc) is 2.75. The van der Waals surface area contributed by atoms with Gasteiger partial charge in [-0.15, -0.1) is 13.2 Å². The molecule has 0 aliphatic carbocycles. The minimum Gasteiger partial charge on any atom is -0.368 e. The molecule has 2 heterocycles. The van der Waals surface area contributed by atoms with Crippen molar-refractivity contribution >= 4 is 10.8 Å². The first kappa shape index (κ1) is 21.4. The van der Waals surface area contributed by atoms with Gasteiger partial charge in [-0.2, -0.15) is 0 Å². The Morgan fingerprint density at radius 2 is 1.79 bits per heavy atom. The molecule has 154 valence electrons. The Hall–Kier alpha value is -1.35. The number of benzene rings is 1. The lowest BCUT2D eigenvalue weighted by atomic mass is 9.98. The average molecular weight is 409 g/mol. The molecule has 2 fully saturated rings. The maximum Gasteiger partial charge on any atom is 0.184 e. The van der Waals surface area contributed by atoms with E-state index < -0.39 is 40.8 Å². The van der Waals surface area contributed by atoms with Crippen LogP contribution in [0.2, 0.25) is 0 Å². The van der Waals surface area contributed by atoms with Crippen LogP contribution in [0, 0.1) is 0 Å². The van der Waals surface area contributed by atoms with Crippen molar-refractivity contribution < 1.29 is 27.9 Å². The Morgan fingerprint density at radius 3 is 2.43 bits per heavy atom. The molecule has 0 aromatic heterocycles. The lowest BCUT2D eigenvalue weighted by molar-refractivity contribution is -0.326. The highest BCUT2D eigenvalue weighted by atomic mass is 32.2. The van der Waals surface area contributed by atoms with Gasteiger partial charge >= 0.3 is 0 Å². The van der Waals surface area contributed by atoms with Gasteiger partial charge in [-0.05, 0) is 0 Å². The molecule has 0 N–H and O–H groups in total. The van der Waals surface area contributed by atoms with Crippen molar-refractivity contribution in [2.75, 3.05) is 25.6 Å². The molecule has 2 aliphatic rings. The zero-order chi connectivity index (χ0) is 19.9. The SMILES string of the molecule is C=CCO[C@H]1[C@@H]2OC(c3ccccc3)OC[C@H]2O[C@H](S(=O)CC)[C@H]1OCC=C. The molecule has 6 nitrogen and oxygen atoms in total. The lowest BCUT2D eigenvalue weighted by Gasteiger charge is -2.48. The number of hydrogen-bond donors (Lipinski definition) is 0. The number of rotatable bonds is 9. The van der Waals surface area contributed by atoms with Crippen LogP contribution in [0.15, 0.2) is 55.6 Å². The zero-order valence-electron chi connectivity index (χ0n) is 16.1. The fraction of sp³-hybridized carbons (Fsp3) is 0.524. The first-order valence-corrected chi connectivity index (χ1v) is 10.9. The third-order valence-electron chi connectivity index (χ3n) is 4.71. The Balaban J connectivity index is 1.86. The van der Waals surface area contributed by atoms with E-state index in [2.05, 4.69) is 13.2 Å². The predicted octanol–water partition coefficient (Wildman–Crippen LogP) is 2.74. The topological polar surface area (TPSA) is 63.2 Å². The quantitative estimate of drug-likeness (QED) is 0.586. The molecule has 28 heavy (non-hydrogen) atoms. The van der Waals surface area contributed by atoms with Gasteiger partial charge in [-0.1, -0.05) is 49.4 Å². The highest BCUT2D eigenvalue weighted by molar-refractivity contribution is 7.85. The van der Waals surface area contributed by atoms with Crippen LogP contribution in [-0.2, 0) is 34.5 Å². The molecule has 1 aromatic carbocycles. The van der Waals surface area contributed by atoms with Gasteiger partial charge in [-0.25, -0.2) is 0 Å². The van der Waals surface area contributed by atoms with Gasteiger partial charge in [0.15, 0.2) is 11.7 Å². The summed E-state index contributed by atoms with van der Waals surface area (Å²) in [5.74, 6) is 0.457. The molecule has 7 atom stereocenters. The summed E-state index contributed by atoms with van der Waals surface area (Å²) in [6, 6.07) is 9.73. The van der Waals surface area contributed by atoms with E-state index in [0.29, 0.717) is 25.6 Å². The van der Waals surface area contributed by atoms with Gasteiger partial charge < -0.3 is 23.7 Å². The molecule has 3 rings (SSSR count). The molecule has 0 spiro atoms. The van der Waals surface area contributed by atoms with Crippen LogP contribution >= 0.6 is 0 Å². The van der Waals surface area contributed by atoms with E-state index in [1.54, 1.807) is 12.2 Å². The van der Waals surface area contributed by atoms with Gasteiger partial charge in [-0.3, -0.25) is 4.21 Å². The molecule has 0 radical (unpaired) electrons. The summed E-state index contributed by atoms with van der Waals surface area (Å²) in [5.41, 5.74) is 0.299. The highest BCUT2D eigenvalue weighted by Crippen LogP contribution is 2.37. The van der Waals surface area contributed by atoms with Gasteiger partial charge in [0.05, 0.1) is 30.6 Å². The largest absolute Gasteiger partial charge is 0.368 e. The van der Waals surface area contributed by atoms with Crippen LogP contribution in [0.25, 0.3) is 0 Å². The summed E-state index contributed by atoms with van der Waals surface area (Å²) in [4.78, 5) is 0. The lowest BCUT2D eigenvalue weighted by Crippen LogP contribution is -2.64. The Labute approximate surface area is 168 Å². The van der Waals surface area contributed by atoms with Gasteiger partial charge in [0, 0.05) is 11.3 Å². The van der Waals surface area contributed by atoms with Crippen molar-refractivity contribution in [3.63, 3.8) is 0 Å². The van der Waals surface area contributed by atoms with E-state index in [4.69, 9.17) is 23.7 Å². The second-order valence-corrected chi connectivity index (χ2v) is 8.37. The highest BCUT2D eigenvalue weighted by Gasteiger charge is 2.52. The van der Waals surface area contributed by atoms with Crippen molar-refractivity contribution in [2.45, 2.75) is 43.1 Å². The normalized spacial score (nSPS) is 33.6. The summed E-state index contributed by atoms with van der Waals surface area (Å²) in [5, 5.41) is 0. The fourth-order valence-corrected chi connectivity index (χ4v) is 4.55. The zero-order valence-corrected chi connectivity index (χ0v) is 16.9. The third kappa shape index (κ3) is 4.79. The monoisotopic (exact) mass is 408 g/mol. The Morgan fingerprint density at radius 1 is 1.11 bits per heavy atom. The van der Waals surface area contributed by atoms with E-state index in [-0.39, 0.29) is 6.10 Å². The van der Waals surface area contributed by atoms with Crippen LogP contribution in [0.3, 0.4) is 0 Å². The van der Waals surface area contributed by atoms with Gasteiger partial charge in [0.25, 0.3) is 0 Å². The minimum absolute atomic E-state index is 0.301. The van der Waals surface area contributed by atoms with Gasteiger partial charge in [0.1, 0.15) is 24.4 Å². The van der Waals surface area contributed by atoms with Crippen molar-refractivity contribution in [1.29, 1.82) is 0 Å².